The third-order valence-electron chi connectivity index (χ3n) is 8.27. The number of benzene rings is 4. The lowest BCUT2D eigenvalue weighted by molar-refractivity contribution is -0.253. The summed E-state index contributed by atoms with van der Waals surface area (Å²) >= 11 is 0. The Morgan fingerprint density at radius 3 is 2.02 bits per heavy atom. The second kappa shape index (κ2) is 14.1. The molecule has 0 saturated carbocycles. The van der Waals surface area contributed by atoms with E-state index in [-0.39, 0.29) is 24.7 Å². The van der Waals surface area contributed by atoms with Crippen LogP contribution < -0.4 is 5.32 Å². The van der Waals surface area contributed by atoms with Gasteiger partial charge in [0.2, 0.25) is 0 Å². The summed E-state index contributed by atoms with van der Waals surface area (Å²) in [5.41, 5.74) is 5.55. The number of anilines is 1. The molecular formula is C36H39N3O4. The minimum Gasteiger partial charge on any atom is -0.392 e. The molecule has 0 unspecified atom stereocenters. The fraction of sp³-hybridized carbons (Fsp3) is 0.306. The third-order valence-corrected chi connectivity index (χ3v) is 8.27. The van der Waals surface area contributed by atoms with E-state index in [2.05, 4.69) is 45.4 Å². The lowest BCUT2D eigenvalue weighted by Crippen LogP contribution is -2.49. The maximum absolute atomic E-state index is 12.6. The van der Waals surface area contributed by atoms with Crippen LogP contribution in [0.4, 0.5) is 5.69 Å². The summed E-state index contributed by atoms with van der Waals surface area (Å²) in [6, 6.07) is 35.5. The lowest BCUT2D eigenvalue weighted by atomic mass is 9.99. The number of hydrogen-bond donors (Lipinski definition) is 2. The van der Waals surface area contributed by atoms with E-state index in [4.69, 9.17) is 9.47 Å². The number of aliphatic hydroxyl groups excluding tert-OH is 1. The predicted molar refractivity (Wildman–Crippen MR) is 167 cm³/mol. The number of aliphatic hydroxyl groups is 1. The zero-order valence-electron chi connectivity index (χ0n) is 24.3. The molecule has 3 atom stereocenters. The van der Waals surface area contributed by atoms with Gasteiger partial charge in [-0.3, -0.25) is 14.6 Å². The Hall–Kier alpha value is -3.85. The number of rotatable bonds is 9. The van der Waals surface area contributed by atoms with Gasteiger partial charge in [0.25, 0.3) is 5.91 Å². The molecule has 2 N–H and O–H groups in total. The summed E-state index contributed by atoms with van der Waals surface area (Å²) < 4.78 is 13.1. The first kappa shape index (κ1) is 29.2. The van der Waals surface area contributed by atoms with Gasteiger partial charge in [-0.25, -0.2) is 0 Å². The largest absolute Gasteiger partial charge is 0.392 e. The van der Waals surface area contributed by atoms with Gasteiger partial charge < -0.3 is 19.9 Å². The topological polar surface area (TPSA) is 74.3 Å². The summed E-state index contributed by atoms with van der Waals surface area (Å²) in [6.07, 6.45) is 0.0944. The number of nitrogens with one attached hydrogen (secondary N) is 1. The molecule has 7 nitrogen and oxygen atoms in total. The number of nitrogens with zero attached hydrogens (tertiary/aromatic N) is 2. The van der Waals surface area contributed by atoms with Crippen molar-refractivity contribution in [3.05, 3.63) is 137 Å². The number of piperazine rings is 1. The number of carbonyl (C=O) groups excluding carboxylic acids is 1. The summed E-state index contributed by atoms with van der Waals surface area (Å²) in [5.74, 6) is -0.145. The Bertz CT molecular complexity index is 1440. The maximum atomic E-state index is 12.6. The SMILES string of the molecule is O=C(Nc1ccc([C@H]2O[C@@H](CN3CCN(Cc4ccccc4)CC3)C[C@@H](c3ccc(CO)cc3)O2)cc1)c1ccccc1. The molecule has 4 aromatic carbocycles. The van der Waals surface area contributed by atoms with Crippen molar-refractivity contribution in [3.8, 4) is 0 Å². The normalized spacial score (nSPS) is 21.4. The number of carbonyl (C=O) groups is 1. The van der Waals surface area contributed by atoms with E-state index in [0.29, 0.717) is 5.56 Å². The number of hydrogen-bond acceptors (Lipinski definition) is 6. The van der Waals surface area contributed by atoms with Crippen LogP contribution in [0, 0.1) is 0 Å². The molecule has 0 aliphatic carbocycles. The van der Waals surface area contributed by atoms with Crippen LogP contribution in [0.25, 0.3) is 0 Å². The molecule has 2 saturated heterocycles. The van der Waals surface area contributed by atoms with Crippen LogP contribution in [0.2, 0.25) is 0 Å². The molecule has 222 valence electrons. The molecular weight excluding hydrogens is 538 g/mol. The molecule has 0 aromatic heterocycles. The van der Waals surface area contributed by atoms with Crippen LogP contribution in [-0.4, -0.2) is 59.6 Å². The van der Waals surface area contributed by atoms with Gasteiger partial charge in [0, 0.05) is 62.5 Å². The van der Waals surface area contributed by atoms with Gasteiger partial charge in [-0.15, -0.1) is 0 Å². The van der Waals surface area contributed by atoms with E-state index in [1.54, 1.807) is 12.1 Å². The molecule has 7 heteroatoms. The van der Waals surface area contributed by atoms with Crippen LogP contribution >= 0.6 is 0 Å². The van der Waals surface area contributed by atoms with Crippen molar-refractivity contribution in [2.75, 3.05) is 38.0 Å². The smallest absolute Gasteiger partial charge is 0.255 e. The minimum atomic E-state index is -0.528. The van der Waals surface area contributed by atoms with E-state index in [9.17, 15) is 9.90 Å². The first-order valence-electron chi connectivity index (χ1n) is 15.1. The van der Waals surface area contributed by atoms with Crippen LogP contribution in [0.15, 0.2) is 109 Å². The Kier molecular flexibility index (Phi) is 9.57. The molecule has 1 amide bonds. The number of ether oxygens (including phenoxy) is 2. The maximum Gasteiger partial charge on any atom is 0.255 e. The summed E-state index contributed by atoms with van der Waals surface area (Å²) in [5, 5.41) is 12.5. The summed E-state index contributed by atoms with van der Waals surface area (Å²) in [6.45, 7) is 5.92. The van der Waals surface area contributed by atoms with E-state index in [0.717, 1.165) is 68.1 Å². The first-order valence-corrected chi connectivity index (χ1v) is 15.1. The van der Waals surface area contributed by atoms with Crippen LogP contribution in [0.3, 0.4) is 0 Å². The Morgan fingerprint density at radius 2 is 1.35 bits per heavy atom. The predicted octanol–water partition coefficient (Wildman–Crippen LogP) is 5.79. The minimum absolute atomic E-state index is 0.000554. The van der Waals surface area contributed by atoms with Gasteiger partial charge in [0.1, 0.15) is 0 Å². The van der Waals surface area contributed by atoms with Gasteiger partial charge >= 0.3 is 0 Å². The average molecular weight is 578 g/mol. The van der Waals surface area contributed by atoms with Crippen LogP contribution in [0.1, 0.15) is 51.4 Å². The molecule has 0 radical (unpaired) electrons. The highest BCUT2D eigenvalue weighted by molar-refractivity contribution is 6.04. The molecule has 2 fully saturated rings. The molecule has 2 aliphatic heterocycles. The molecule has 0 spiro atoms. The van der Waals surface area contributed by atoms with E-state index < -0.39 is 6.29 Å². The lowest BCUT2D eigenvalue weighted by Gasteiger charge is -2.40. The van der Waals surface area contributed by atoms with Gasteiger partial charge in [-0.05, 0) is 41.0 Å². The highest BCUT2D eigenvalue weighted by Crippen LogP contribution is 2.38. The molecule has 0 bridgehead atoms. The van der Waals surface area contributed by atoms with E-state index >= 15 is 0 Å². The first-order chi connectivity index (χ1) is 21.1. The van der Waals surface area contributed by atoms with Crippen molar-refractivity contribution < 1.29 is 19.4 Å². The molecule has 2 aliphatic rings. The van der Waals surface area contributed by atoms with Crippen molar-refractivity contribution in [3.63, 3.8) is 0 Å². The number of amides is 1. The van der Waals surface area contributed by atoms with Crippen molar-refractivity contribution in [2.24, 2.45) is 0 Å². The van der Waals surface area contributed by atoms with Gasteiger partial charge in [0.15, 0.2) is 6.29 Å². The van der Waals surface area contributed by atoms with Crippen molar-refractivity contribution >= 4 is 11.6 Å². The quantitative estimate of drug-likeness (QED) is 0.262. The van der Waals surface area contributed by atoms with Crippen molar-refractivity contribution in [1.29, 1.82) is 0 Å². The fourth-order valence-corrected chi connectivity index (χ4v) is 5.81. The highest BCUT2D eigenvalue weighted by atomic mass is 16.7. The molecule has 6 rings (SSSR count). The monoisotopic (exact) mass is 577 g/mol. The van der Waals surface area contributed by atoms with Gasteiger partial charge in [-0.2, -0.15) is 0 Å². The zero-order valence-corrected chi connectivity index (χ0v) is 24.3. The van der Waals surface area contributed by atoms with Gasteiger partial charge in [0.05, 0.1) is 18.8 Å². The van der Waals surface area contributed by atoms with Crippen LogP contribution in [0.5, 0.6) is 0 Å². The molecule has 43 heavy (non-hydrogen) atoms. The van der Waals surface area contributed by atoms with Crippen LogP contribution in [-0.2, 0) is 22.6 Å². The third kappa shape index (κ3) is 7.76. The standard InChI is InChI=1S/C36H39N3O4/c40-26-28-11-13-29(14-12-28)34-23-33(25-39-21-19-38(20-22-39)24-27-7-3-1-4-8-27)42-36(43-34)31-15-17-32(18-16-31)37-35(41)30-9-5-2-6-10-30/h1-18,33-34,36,40H,19-26H2,(H,37,41)/t33-,34+,36+/m1/s1. The highest BCUT2D eigenvalue weighted by Gasteiger charge is 2.33. The van der Waals surface area contributed by atoms with Gasteiger partial charge in [-0.1, -0.05) is 84.9 Å². The summed E-state index contributed by atoms with van der Waals surface area (Å²) in [4.78, 5) is 17.6. The van der Waals surface area contributed by atoms with Crippen molar-refractivity contribution in [1.82, 2.24) is 9.80 Å². The second-order valence-corrected chi connectivity index (χ2v) is 11.4. The van der Waals surface area contributed by atoms with E-state index in [1.807, 2.05) is 66.7 Å². The molecule has 2 heterocycles. The Morgan fingerprint density at radius 1 is 0.721 bits per heavy atom. The van der Waals surface area contributed by atoms with E-state index in [1.165, 1.54) is 5.56 Å². The second-order valence-electron chi connectivity index (χ2n) is 11.4. The fourth-order valence-electron chi connectivity index (χ4n) is 5.81. The Balaban J connectivity index is 1.11. The average Bonchev–Trinajstić information content (AvgIpc) is 3.07. The summed E-state index contributed by atoms with van der Waals surface area (Å²) in [7, 11) is 0. The van der Waals surface area contributed by atoms with Crippen molar-refractivity contribution in [2.45, 2.75) is 38.1 Å². The Labute approximate surface area is 253 Å². The zero-order chi connectivity index (χ0) is 29.4. The molecule has 4 aromatic rings.